The molecule has 29 heavy (non-hydrogen) atoms. The molecule has 0 saturated heterocycles. The standard InChI is InChI=1S/C19H24N4O6/c1-12-9-13(2)23(22-12)8-7-18(25)29-11-17(24)20-21-19(26)14-5-6-15(27-3)16(10-14)28-4/h5-6,9-10H,7-8,11H2,1-4H3,(H,20,24)(H,21,26). The highest BCUT2D eigenvalue weighted by Crippen LogP contribution is 2.27. The summed E-state index contributed by atoms with van der Waals surface area (Å²) in [5.41, 5.74) is 6.47. The van der Waals surface area contributed by atoms with Crippen molar-refractivity contribution in [3.8, 4) is 11.5 Å². The van der Waals surface area contributed by atoms with E-state index in [1.165, 1.54) is 26.4 Å². The van der Waals surface area contributed by atoms with Crippen LogP contribution in [0.3, 0.4) is 0 Å². The van der Waals surface area contributed by atoms with E-state index in [9.17, 15) is 14.4 Å². The van der Waals surface area contributed by atoms with Crippen molar-refractivity contribution in [3.63, 3.8) is 0 Å². The summed E-state index contributed by atoms with van der Waals surface area (Å²) in [5.74, 6) is -0.921. The van der Waals surface area contributed by atoms with Crippen molar-refractivity contribution < 1.29 is 28.6 Å². The van der Waals surface area contributed by atoms with Gasteiger partial charge in [0, 0.05) is 11.3 Å². The van der Waals surface area contributed by atoms with Gasteiger partial charge in [0.15, 0.2) is 18.1 Å². The Morgan fingerprint density at radius 1 is 1.03 bits per heavy atom. The number of hydrogen-bond acceptors (Lipinski definition) is 7. The van der Waals surface area contributed by atoms with E-state index in [1.807, 2.05) is 19.9 Å². The van der Waals surface area contributed by atoms with E-state index in [0.717, 1.165) is 11.4 Å². The summed E-state index contributed by atoms with van der Waals surface area (Å²) in [6, 6.07) is 6.46. The molecule has 2 N–H and O–H groups in total. The van der Waals surface area contributed by atoms with Gasteiger partial charge in [0.1, 0.15) is 0 Å². The smallest absolute Gasteiger partial charge is 0.308 e. The first-order valence-corrected chi connectivity index (χ1v) is 8.82. The van der Waals surface area contributed by atoms with Crippen LogP contribution in [0.1, 0.15) is 28.2 Å². The second kappa shape index (κ2) is 10.1. The third kappa shape index (κ3) is 6.23. The van der Waals surface area contributed by atoms with E-state index in [1.54, 1.807) is 10.7 Å². The Morgan fingerprint density at radius 3 is 2.38 bits per heavy atom. The van der Waals surface area contributed by atoms with E-state index in [-0.39, 0.29) is 12.0 Å². The third-order valence-electron chi connectivity index (χ3n) is 3.96. The number of rotatable bonds is 8. The van der Waals surface area contributed by atoms with Gasteiger partial charge in [0.05, 0.1) is 32.9 Å². The highest BCUT2D eigenvalue weighted by atomic mass is 16.5. The zero-order valence-electron chi connectivity index (χ0n) is 16.8. The SMILES string of the molecule is COc1ccc(C(=O)NNC(=O)COC(=O)CCn2nc(C)cc2C)cc1OC. The summed E-state index contributed by atoms with van der Waals surface area (Å²) in [6.07, 6.45) is 0.0766. The van der Waals surface area contributed by atoms with Crippen LogP contribution in [0.15, 0.2) is 24.3 Å². The van der Waals surface area contributed by atoms with Gasteiger partial charge < -0.3 is 14.2 Å². The Kier molecular flexibility index (Phi) is 7.58. The molecule has 156 valence electrons. The molecular formula is C19H24N4O6. The highest BCUT2D eigenvalue weighted by molar-refractivity contribution is 5.96. The van der Waals surface area contributed by atoms with E-state index in [2.05, 4.69) is 16.0 Å². The van der Waals surface area contributed by atoms with Crippen LogP contribution in [0.25, 0.3) is 0 Å². The molecule has 0 spiro atoms. The van der Waals surface area contributed by atoms with Gasteiger partial charge in [-0.1, -0.05) is 0 Å². The number of carbonyl (C=O) groups excluding carboxylic acids is 3. The van der Waals surface area contributed by atoms with E-state index in [4.69, 9.17) is 14.2 Å². The van der Waals surface area contributed by atoms with Crippen LogP contribution in [0.5, 0.6) is 11.5 Å². The van der Waals surface area contributed by atoms with Crippen LogP contribution in [0.2, 0.25) is 0 Å². The third-order valence-corrected chi connectivity index (χ3v) is 3.96. The van der Waals surface area contributed by atoms with Gasteiger partial charge in [-0.25, -0.2) is 0 Å². The molecule has 0 saturated carbocycles. The highest BCUT2D eigenvalue weighted by Gasteiger charge is 2.13. The number of aromatic nitrogens is 2. The molecular weight excluding hydrogens is 380 g/mol. The molecule has 0 bridgehead atoms. The van der Waals surface area contributed by atoms with Crippen LogP contribution in [-0.4, -0.2) is 48.4 Å². The van der Waals surface area contributed by atoms with Gasteiger partial charge in [-0.05, 0) is 38.1 Å². The minimum atomic E-state index is -0.668. The molecule has 0 radical (unpaired) electrons. The summed E-state index contributed by atoms with van der Waals surface area (Å²) in [5, 5.41) is 4.24. The summed E-state index contributed by atoms with van der Waals surface area (Å²) in [6.45, 7) is 3.60. The maximum atomic E-state index is 12.1. The number of hydrazine groups is 1. The molecule has 0 aliphatic rings. The molecule has 0 atom stereocenters. The summed E-state index contributed by atoms with van der Waals surface area (Å²) in [4.78, 5) is 35.7. The van der Waals surface area contributed by atoms with Gasteiger partial charge in [-0.3, -0.25) is 29.9 Å². The summed E-state index contributed by atoms with van der Waals surface area (Å²) in [7, 11) is 2.93. The normalized spacial score (nSPS) is 10.2. The van der Waals surface area contributed by atoms with Crippen LogP contribution in [-0.2, 0) is 20.9 Å². The average Bonchev–Trinajstić information content (AvgIpc) is 3.05. The number of hydrogen-bond donors (Lipinski definition) is 2. The number of carbonyl (C=O) groups is 3. The van der Waals surface area contributed by atoms with Crippen LogP contribution in [0, 0.1) is 13.8 Å². The maximum Gasteiger partial charge on any atom is 0.308 e. The molecule has 2 amide bonds. The predicted molar refractivity (Wildman–Crippen MR) is 102 cm³/mol. The monoisotopic (exact) mass is 404 g/mol. The van der Waals surface area contributed by atoms with E-state index in [0.29, 0.717) is 18.0 Å². The van der Waals surface area contributed by atoms with Gasteiger partial charge >= 0.3 is 5.97 Å². The number of aryl methyl sites for hydroxylation is 3. The first-order valence-electron chi connectivity index (χ1n) is 8.82. The number of nitrogens with one attached hydrogen (secondary N) is 2. The van der Waals surface area contributed by atoms with Crippen molar-refractivity contribution in [1.29, 1.82) is 0 Å². The lowest BCUT2D eigenvalue weighted by Crippen LogP contribution is -2.43. The number of nitrogens with zero attached hydrogens (tertiary/aromatic N) is 2. The predicted octanol–water partition coefficient (Wildman–Crippen LogP) is 0.912. The molecule has 0 aliphatic heterocycles. The van der Waals surface area contributed by atoms with Gasteiger partial charge in [-0.15, -0.1) is 0 Å². The molecule has 10 heteroatoms. The summed E-state index contributed by atoms with van der Waals surface area (Å²) >= 11 is 0. The van der Waals surface area contributed by atoms with Crippen LogP contribution < -0.4 is 20.3 Å². The van der Waals surface area contributed by atoms with Crippen LogP contribution >= 0.6 is 0 Å². The fourth-order valence-electron chi connectivity index (χ4n) is 2.53. The Morgan fingerprint density at radius 2 is 1.76 bits per heavy atom. The number of esters is 1. The van der Waals surface area contributed by atoms with Crippen LogP contribution in [0.4, 0.5) is 0 Å². The topological polar surface area (TPSA) is 121 Å². The summed E-state index contributed by atoms with van der Waals surface area (Å²) < 4.78 is 16.8. The molecule has 0 aliphatic carbocycles. The molecule has 2 rings (SSSR count). The van der Waals surface area contributed by atoms with Crippen molar-refractivity contribution in [2.24, 2.45) is 0 Å². The lowest BCUT2D eigenvalue weighted by molar-refractivity contribution is -0.149. The number of methoxy groups -OCH3 is 2. The minimum absolute atomic E-state index is 0.0766. The molecule has 2 aromatic rings. The maximum absolute atomic E-state index is 12.1. The molecule has 0 unspecified atom stereocenters. The lowest BCUT2D eigenvalue weighted by Gasteiger charge is -2.11. The Bertz CT molecular complexity index is 893. The second-order valence-electron chi connectivity index (χ2n) is 6.13. The van der Waals surface area contributed by atoms with Crippen molar-refractivity contribution in [3.05, 3.63) is 41.2 Å². The van der Waals surface area contributed by atoms with E-state index < -0.39 is 24.4 Å². The Labute approximate surface area is 168 Å². The second-order valence-corrected chi connectivity index (χ2v) is 6.13. The number of benzene rings is 1. The zero-order valence-corrected chi connectivity index (χ0v) is 16.8. The van der Waals surface area contributed by atoms with Gasteiger partial charge in [0.25, 0.3) is 11.8 Å². The zero-order chi connectivity index (χ0) is 21.4. The first-order chi connectivity index (χ1) is 13.8. The van der Waals surface area contributed by atoms with Gasteiger partial charge in [0.2, 0.25) is 0 Å². The minimum Gasteiger partial charge on any atom is -0.493 e. The number of amides is 2. The fourth-order valence-corrected chi connectivity index (χ4v) is 2.53. The largest absolute Gasteiger partial charge is 0.493 e. The van der Waals surface area contributed by atoms with Crippen molar-refractivity contribution in [2.45, 2.75) is 26.8 Å². The average molecular weight is 404 g/mol. The van der Waals surface area contributed by atoms with Crippen molar-refractivity contribution in [2.75, 3.05) is 20.8 Å². The molecule has 0 fully saturated rings. The van der Waals surface area contributed by atoms with Gasteiger partial charge in [-0.2, -0.15) is 5.10 Å². The Hall–Kier alpha value is -3.56. The fraction of sp³-hybridized carbons (Fsp3) is 0.368. The Balaban J connectivity index is 1.74. The van der Waals surface area contributed by atoms with Crippen molar-refractivity contribution in [1.82, 2.24) is 20.6 Å². The molecule has 1 aromatic carbocycles. The number of ether oxygens (including phenoxy) is 3. The van der Waals surface area contributed by atoms with E-state index >= 15 is 0 Å². The molecule has 1 aromatic heterocycles. The quantitative estimate of drug-likeness (QED) is 0.495. The van der Waals surface area contributed by atoms with Crippen molar-refractivity contribution >= 4 is 17.8 Å². The molecule has 10 nitrogen and oxygen atoms in total. The first kappa shape index (κ1) is 21.7. The molecule has 1 heterocycles. The lowest BCUT2D eigenvalue weighted by atomic mass is 10.2.